The number of allylic oxidation sites excluding steroid dienone is 15. The van der Waals surface area contributed by atoms with E-state index in [1.54, 1.807) is 0 Å². The number of nitrogens with zero attached hydrogens (tertiary/aromatic N) is 1. The first-order chi connectivity index (χ1) is 29.5. The maximum absolute atomic E-state index is 12.8. The van der Waals surface area contributed by atoms with Crippen LogP contribution in [0.1, 0.15) is 142 Å². The van der Waals surface area contributed by atoms with Gasteiger partial charge in [-0.05, 0) is 89.9 Å². The van der Waals surface area contributed by atoms with Crippen molar-refractivity contribution in [3.8, 4) is 0 Å². The van der Waals surface area contributed by atoms with Gasteiger partial charge in [0, 0.05) is 12.8 Å². The van der Waals surface area contributed by atoms with E-state index in [4.69, 9.17) is 23.3 Å². The van der Waals surface area contributed by atoms with Gasteiger partial charge in [0.15, 0.2) is 6.10 Å². The van der Waals surface area contributed by atoms with Gasteiger partial charge in [-0.25, -0.2) is 4.57 Å². The van der Waals surface area contributed by atoms with Crippen LogP contribution in [0.2, 0.25) is 0 Å². The van der Waals surface area contributed by atoms with Gasteiger partial charge in [0.05, 0.1) is 40.0 Å². The molecule has 1 heterocycles. The van der Waals surface area contributed by atoms with Gasteiger partial charge in [0.2, 0.25) is 0 Å². The number of phosphoric acid groups is 1. The molecule has 0 aromatic rings. The minimum absolute atomic E-state index is 0.000839. The summed E-state index contributed by atoms with van der Waals surface area (Å²) < 4.78 is 40.0. The van der Waals surface area contributed by atoms with Gasteiger partial charge in [-0.3, -0.25) is 18.6 Å². The highest BCUT2D eigenvalue weighted by atomic mass is 31.2. The summed E-state index contributed by atoms with van der Waals surface area (Å²) >= 11 is 0. The van der Waals surface area contributed by atoms with E-state index in [0.717, 1.165) is 57.8 Å². The molecule has 1 N–H and O–H groups in total. The Balaban J connectivity index is 2.39. The van der Waals surface area contributed by atoms with E-state index in [1.807, 2.05) is 33.3 Å². The summed E-state index contributed by atoms with van der Waals surface area (Å²) in [7, 11) is 1.37. The molecule has 1 fully saturated rings. The van der Waals surface area contributed by atoms with Gasteiger partial charge in [-0.15, -0.1) is 0 Å². The molecule has 0 aliphatic carbocycles. The number of unbranched alkanes of at least 4 members (excludes halogenated alkanes) is 6. The van der Waals surface area contributed by atoms with Crippen molar-refractivity contribution in [1.29, 1.82) is 0 Å². The average Bonchev–Trinajstić information content (AvgIpc) is 3.97. The minimum Gasteiger partial charge on any atom is -0.462 e. The van der Waals surface area contributed by atoms with Crippen LogP contribution >= 0.6 is 7.82 Å². The third kappa shape index (κ3) is 38.3. The number of hydrogen-bond donors (Lipinski definition) is 1. The molecule has 3 unspecified atom stereocenters. The number of quaternary nitrogens is 1. The number of ether oxygens (including phenoxy) is 3. The van der Waals surface area contributed by atoms with E-state index < -0.39 is 32.5 Å². The van der Waals surface area contributed by atoms with Crippen LogP contribution in [-0.4, -0.2) is 87.1 Å². The molecular weight excluding hydrogens is 790 g/mol. The maximum atomic E-state index is 12.8. The lowest BCUT2D eigenvalue weighted by Crippen LogP contribution is -2.37. The number of rotatable bonds is 39. The molecule has 0 bridgehead atoms. The highest BCUT2D eigenvalue weighted by Crippen LogP contribution is 2.43. The van der Waals surface area contributed by atoms with E-state index in [1.165, 1.54) is 44.9 Å². The monoisotopic (exact) mass is 873 g/mol. The predicted molar refractivity (Wildman–Crippen MR) is 251 cm³/mol. The number of carbonyl (C=O) groups excluding carboxylic acids is 2. The summed E-state index contributed by atoms with van der Waals surface area (Å²) in [5.41, 5.74) is 0. The van der Waals surface area contributed by atoms with Crippen molar-refractivity contribution in [2.75, 3.05) is 47.5 Å². The SMILES string of the molecule is CCCCC/C=C\C/C=C\C/C=C\C/C=C\C/C=C\CCC(=O)OC[C@H](COP(=O)(O)OCC[N+](C)(C)C)OC(=O)CCCC1OC1C/C=C\C/C=C\C/C=C\CCCCC. The molecular formula is C50H83NO9P+. The largest absolute Gasteiger partial charge is 0.472 e. The first kappa shape index (κ1) is 55.9. The standard InChI is InChI=1S/C50H82NO9P/c1-6-8-10-12-14-16-18-20-21-22-23-24-25-26-28-30-32-34-36-40-49(52)56-44-46(45-58-61(54,55)57-43-42-51(3,4)5)59-50(53)41-37-39-48-47(60-48)38-35-33-31-29-27-19-17-15-13-11-9-7-2/h14-17,20-21,23-24,26-29,32-35,46-48H,6-13,18-19,22,25,30-31,36-45H2,1-5H3/p+1/b16-14-,17-15-,21-20-,24-23-,28-26-,29-27-,34-32-,35-33-/t46-,47?,48?/m1/s1. The molecule has 0 amide bonds. The van der Waals surface area contributed by atoms with Crippen molar-refractivity contribution in [2.45, 2.75) is 161 Å². The molecule has 0 spiro atoms. The summed E-state index contributed by atoms with van der Waals surface area (Å²) in [5.74, 6) is -0.982. The van der Waals surface area contributed by atoms with E-state index in [2.05, 4.69) is 98.9 Å². The van der Waals surface area contributed by atoms with E-state index in [-0.39, 0.29) is 38.3 Å². The highest BCUT2D eigenvalue weighted by molar-refractivity contribution is 7.47. The number of likely N-dealkylation sites (N-methyl/N-ethyl adjacent to an activating group) is 1. The maximum Gasteiger partial charge on any atom is 0.472 e. The van der Waals surface area contributed by atoms with Crippen LogP contribution < -0.4 is 0 Å². The number of epoxide rings is 1. The topological polar surface area (TPSA) is 121 Å². The molecule has 1 aliphatic heterocycles. The molecule has 10 nitrogen and oxygen atoms in total. The zero-order valence-electron chi connectivity index (χ0n) is 38.5. The van der Waals surface area contributed by atoms with E-state index in [9.17, 15) is 19.0 Å². The van der Waals surface area contributed by atoms with Crippen LogP contribution in [0.5, 0.6) is 0 Å². The van der Waals surface area contributed by atoms with Crippen LogP contribution in [0.4, 0.5) is 0 Å². The van der Waals surface area contributed by atoms with Crippen molar-refractivity contribution in [3.05, 3.63) is 97.2 Å². The second-order valence-corrected chi connectivity index (χ2v) is 17.9. The Bertz CT molecular complexity index is 1420. The highest BCUT2D eigenvalue weighted by Gasteiger charge is 2.37. The van der Waals surface area contributed by atoms with Gasteiger partial charge in [-0.2, -0.15) is 0 Å². The second-order valence-electron chi connectivity index (χ2n) is 16.5. The summed E-state index contributed by atoms with van der Waals surface area (Å²) in [6, 6.07) is 0. The lowest BCUT2D eigenvalue weighted by atomic mass is 10.1. The Labute approximate surface area is 370 Å². The van der Waals surface area contributed by atoms with Crippen LogP contribution in [0.15, 0.2) is 97.2 Å². The summed E-state index contributed by atoms with van der Waals surface area (Å²) in [5, 5.41) is 0. The normalized spacial score (nSPS) is 17.7. The van der Waals surface area contributed by atoms with E-state index >= 15 is 0 Å². The third-order valence-corrected chi connectivity index (χ3v) is 10.5. The second kappa shape index (κ2) is 37.4. The first-order valence-corrected chi connectivity index (χ1v) is 24.6. The molecule has 4 atom stereocenters. The number of hydrogen-bond acceptors (Lipinski definition) is 8. The van der Waals surface area contributed by atoms with Crippen LogP contribution in [-0.2, 0) is 37.4 Å². The Hall–Kier alpha value is -3.11. The van der Waals surface area contributed by atoms with Crippen molar-refractivity contribution in [1.82, 2.24) is 0 Å². The molecule has 61 heavy (non-hydrogen) atoms. The zero-order valence-corrected chi connectivity index (χ0v) is 39.4. The predicted octanol–water partition coefficient (Wildman–Crippen LogP) is 12.3. The fourth-order valence-corrected chi connectivity index (χ4v) is 6.53. The fourth-order valence-electron chi connectivity index (χ4n) is 5.79. The molecule has 346 valence electrons. The van der Waals surface area contributed by atoms with Crippen molar-refractivity contribution in [2.24, 2.45) is 0 Å². The molecule has 1 rings (SSSR count). The average molecular weight is 873 g/mol. The fraction of sp³-hybridized carbons (Fsp3) is 0.640. The van der Waals surface area contributed by atoms with Crippen LogP contribution in [0.3, 0.4) is 0 Å². The van der Waals surface area contributed by atoms with E-state index in [0.29, 0.717) is 23.9 Å². The molecule has 1 aliphatic rings. The Morgan fingerprint density at radius 1 is 0.607 bits per heavy atom. The Kier molecular flexibility index (Phi) is 34.3. The molecule has 1 saturated heterocycles. The number of esters is 2. The van der Waals surface area contributed by atoms with Gasteiger partial charge < -0.3 is 23.6 Å². The number of carbonyl (C=O) groups is 2. The minimum atomic E-state index is -4.42. The van der Waals surface area contributed by atoms with Crippen molar-refractivity contribution in [3.63, 3.8) is 0 Å². The quantitative estimate of drug-likeness (QED) is 0.0161. The molecule has 11 heteroatoms. The van der Waals surface area contributed by atoms with Crippen molar-refractivity contribution >= 4 is 19.8 Å². The van der Waals surface area contributed by atoms with Gasteiger partial charge in [0.1, 0.15) is 19.8 Å². The Morgan fingerprint density at radius 2 is 1.10 bits per heavy atom. The third-order valence-electron chi connectivity index (χ3n) is 9.52. The summed E-state index contributed by atoms with van der Waals surface area (Å²) in [6.07, 6.45) is 52.0. The van der Waals surface area contributed by atoms with Crippen LogP contribution in [0.25, 0.3) is 0 Å². The van der Waals surface area contributed by atoms with Gasteiger partial charge in [0.25, 0.3) is 0 Å². The Morgan fingerprint density at radius 3 is 1.61 bits per heavy atom. The van der Waals surface area contributed by atoms with Crippen LogP contribution in [0, 0.1) is 0 Å². The van der Waals surface area contributed by atoms with Gasteiger partial charge in [-0.1, -0.05) is 137 Å². The molecule has 0 aromatic heterocycles. The van der Waals surface area contributed by atoms with Gasteiger partial charge >= 0.3 is 19.8 Å². The number of phosphoric ester groups is 1. The summed E-state index contributed by atoms with van der Waals surface area (Å²) in [4.78, 5) is 35.5. The smallest absolute Gasteiger partial charge is 0.462 e. The molecule has 0 aromatic carbocycles. The zero-order chi connectivity index (χ0) is 44.7. The molecule has 0 radical (unpaired) electrons. The lowest BCUT2D eigenvalue weighted by molar-refractivity contribution is -0.870. The summed E-state index contributed by atoms with van der Waals surface area (Å²) in [6.45, 7) is 4.17. The first-order valence-electron chi connectivity index (χ1n) is 23.1. The van der Waals surface area contributed by atoms with Crippen molar-refractivity contribution < 1.29 is 46.8 Å². The lowest BCUT2D eigenvalue weighted by Gasteiger charge is -2.24. The molecule has 0 saturated carbocycles.